The molecule has 102 valence electrons. The third-order valence-corrected chi connectivity index (χ3v) is 4.16. The molecule has 1 aliphatic rings. The Kier molecular flexibility index (Phi) is 7.33. The van der Waals surface area contributed by atoms with E-state index in [4.69, 9.17) is 5.73 Å². The maximum atomic E-state index is 11.3. The SMILES string of the molecule is CN=C(N)NCC1CCN(S(C)(=O)=O)CC1.I. The van der Waals surface area contributed by atoms with Crippen LogP contribution in [-0.4, -0.2) is 51.6 Å². The van der Waals surface area contributed by atoms with Gasteiger partial charge in [0, 0.05) is 26.7 Å². The number of nitrogens with one attached hydrogen (secondary N) is 1. The molecule has 0 aromatic heterocycles. The molecule has 17 heavy (non-hydrogen) atoms. The molecule has 1 saturated heterocycles. The quantitative estimate of drug-likeness (QED) is 0.406. The Bertz CT molecular complexity index is 350. The van der Waals surface area contributed by atoms with Gasteiger partial charge in [-0.15, -0.1) is 24.0 Å². The Morgan fingerprint density at radius 1 is 1.47 bits per heavy atom. The first kappa shape index (κ1) is 16.9. The highest BCUT2D eigenvalue weighted by molar-refractivity contribution is 14.0. The molecule has 1 aliphatic heterocycles. The standard InChI is InChI=1S/C9H20N4O2S.HI/c1-11-9(10)12-7-8-3-5-13(6-4-8)16(2,14)15;/h8H,3-7H2,1-2H3,(H3,10,11,12);1H. The van der Waals surface area contributed by atoms with Gasteiger partial charge in [-0.05, 0) is 18.8 Å². The lowest BCUT2D eigenvalue weighted by Crippen LogP contribution is -2.42. The van der Waals surface area contributed by atoms with Gasteiger partial charge < -0.3 is 11.1 Å². The molecule has 1 rings (SSSR count). The van der Waals surface area contributed by atoms with Crippen LogP contribution in [0.3, 0.4) is 0 Å². The van der Waals surface area contributed by atoms with Gasteiger partial charge in [0.05, 0.1) is 6.26 Å². The van der Waals surface area contributed by atoms with Crippen LogP contribution in [0.15, 0.2) is 4.99 Å². The van der Waals surface area contributed by atoms with Crippen molar-refractivity contribution >= 4 is 40.0 Å². The zero-order valence-electron chi connectivity index (χ0n) is 10.2. The summed E-state index contributed by atoms with van der Waals surface area (Å²) in [5, 5.41) is 3.02. The summed E-state index contributed by atoms with van der Waals surface area (Å²) in [5.41, 5.74) is 5.52. The molecule has 0 saturated carbocycles. The summed E-state index contributed by atoms with van der Waals surface area (Å²) in [6.45, 7) is 1.98. The van der Waals surface area contributed by atoms with Gasteiger partial charge in [0.15, 0.2) is 5.96 Å². The zero-order chi connectivity index (χ0) is 12.2. The molecular formula is C9H21IN4O2S. The number of piperidine rings is 1. The summed E-state index contributed by atoms with van der Waals surface area (Å²) >= 11 is 0. The molecule has 8 heteroatoms. The molecule has 0 unspecified atom stereocenters. The predicted molar refractivity (Wildman–Crippen MR) is 80.1 cm³/mol. The van der Waals surface area contributed by atoms with Gasteiger partial charge in [-0.3, -0.25) is 4.99 Å². The van der Waals surface area contributed by atoms with Crippen molar-refractivity contribution in [2.75, 3.05) is 32.9 Å². The number of hydrogen-bond donors (Lipinski definition) is 2. The summed E-state index contributed by atoms with van der Waals surface area (Å²) in [4.78, 5) is 3.80. The van der Waals surface area contributed by atoms with E-state index in [1.54, 1.807) is 7.05 Å². The van der Waals surface area contributed by atoms with Gasteiger partial charge in [0.1, 0.15) is 0 Å². The van der Waals surface area contributed by atoms with Crippen molar-refractivity contribution in [3.8, 4) is 0 Å². The van der Waals surface area contributed by atoms with Crippen molar-refractivity contribution in [2.45, 2.75) is 12.8 Å². The molecule has 0 aromatic carbocycles. The largest absolute Gasteiger partial charge is 0.370 e. The van der Waals surface area contributed by atoms with Crippen LogP contribution in [0.5, 0.6) is 0 Å². The molecule has 1 heterocycles. The highest BCUT2D eigenvalue weighted by Crippen LogP contribution is 2.18. The molecule has 0 spiro atoms. The lowest BCUT2D eigenvalue weighted by atomic mass is 9.98. The first-order chi connectivity index (χ1) is 7.43. The van der Waals surface area contributed by atoms with E-state index in [9.17, 15) is 8.42 Å². The van der Waals surface area contributed by atoms with Crippen LogP contribution in [0.1, 0.15) is 12.8 Å². The van der Waals surface area contributed by atoms with Crippen LogP contribution in [-0.2, 0) is 10.0 Å². The van der Waals surface area contributed by atoms with Crippen LogP contribution in [0.2, 0.25) is 0 Å². The Morgan fingerprint density at radius 3 is 2.41 bits per heavy atom. The van der Waals surface area contributed by atoms with E-state index in [2.05, 4.69) is 10.3 Å². The van der Waals surface area contributed by atoms with E-state index in [0.717, 1.165) is 19.4 Å². The van der Waals surface area contributed by atoms with E-state index in [0.29, 0.717) is 25.0 Å². The summed E-state index contributed by atoms with van der Waals surface area (Å²) in [5.74, 6) is 0.906. The van der Waals surface area contributed by atoms with Crippen molar-refractivity contribution in [2.24, 2.45) is 16.6 Å². The Hall–Kier alpha value is -0.0900. The molecule has 3 N–H and O–H groups in total. The van der Waals surface area contributed by atoms with E-state index in [-0.39, 0.29) is 24.0 Å². The van der Waals surface area contributed by atoms with Crippen LogP contribution >= 0.6 is 24.0 Å². The van der Waals surface area contributed by atoms with Gasteiger partial charge >= 0.3 is 0 Å². The second-order valence-corrected chi connectivity index (χ2v) is 6.08. The van der Waals surface area contributed by atoms with Gasteiger partial charge in [-0.2, -0.15) is 0 Å². The van der Waals surface area contributed by atoms with Gasteiger partial charge in [0.2, 0.25) is 10.0 Å². The van der Waals surface area contributed by atoms with Gasteiger partial charge in [0.25, 0.3) is 0 Å². The maximum absolute atomic E-state index is 11.3. The number of sulfonamides is 1. The van der Waals surface area contributed by atoms with Crippen LogP contribution < -0.4 is 11.1 Å². The van der Waals surface area contributed by atoms with Crippen molar-refractivity contribution in [1.82, 2.24) is 9.62 Å². The molecule has 0 radical (unpaired) electrons. The van der Waals surface area contributed by atoms with E-state index in [1.165, 1.54) is 10.6 Å². The van der Waals surface area contributed by atoms with Crippen molar-refractivity contribution < 1.29 is 8.42 Å². The minimum atomic E-state index is -3.02. The molecule has 1 fully saturated rings. The van der Waals surface area contributed by atoms with Crippen LogP contribution in [0.4, 0.5) is 0 Å². The fraction of sp³-hybridized carbons (Fsp3) is 0.889. The summed E-state index contributed by atoms with van der Waals surface area (Å²) in [6, 6.07) is 0. The number of aliphatic imine (C=N–C) groups is 1. The highest BCUT2D eigenvalue weighted by Gasteiger charge is 2.24. The molecule has 6 nitrogen and oxygen atoms in total. The number of guanidine groups is 1. The lowest BCUT2D eigenvalue weighted by Gasteiger charge is -2.30. The topological polar surface area (TPSA) is 87.8 Å². The van der Waals surface area contributed by atoms with Crippen LogP contribution in [0, 0.1) is 5.92 Å². The fourth-order valence-corrected chi connectivity index (χ4v) is 2.65. The summed E-state index contributed by atoms with van der Waals surface area (Å²) in [6.07, 6.45) is 3.00. The molecule has 0 amide bonds. The number of hydrogen-bond acceptors (Lipinski definition) is 3. The average molecular weight is 376 g/mol. The van der Waals surface area contributed by atoms with Crippen molar-refractivity contribution in [3.63, 3.8) is 0 Å². The second kappa shape index (κ2) is 7.37. The smallest absolute Gasteiger partial charge is 0.211 e. The lowest BCUT2D eigenvalue weighted by molar-refractivity contribution is 0.275. The van der Waals surface area contributed by atoms with Crippen molar-refractivity contribution in [3.05, 3.63) is 0 Å². The molecular weight excluding hydrogens is 355 g/mol. The molecule has 0 aliphatic carbocycles. The van der Waals surface area contributed by atoms with E-state index >= 15 is 0 Å². The van der Waals surface area contributed by atoms with Crippen molar-refractivity contribution in [1.29, 1.82) is 0 Å². The van der Waals surface area contributed by atoms with E-state index < -0.39 is 10.0 Å². The molecule has 0 bridgehead atoms. The fourth-order valence-electron chi connectivity index (χ4n) is 1.77. The number of rotatable bonds is 3. The number of nitrogens with zero attached hydrogens (tertiary/aromatic N) is 2. The summed E-state index contributed by atoms with van der Waals surface area (Å²) < 4.78 is 24.1. The average Bonchev–Trinajstić information content (AvgIpc) is 2.25. The Morgan fingerprint density at radius 2 is 2.00 bits per heavy atom. The Balaban J connectivity index is 0.00000256. The van der Waals surface area contributed by atoms with Crippen LogP contribution in [0.25, 0.3) is 0 Å². The first-order valence-corrected chi connectivity index (χ1v) is 7.19. The first-order valence-electron chi connectivity index (χ1n) is 5.34. The van der Waals surface area contributed by atoms with Gasteiger partial charge in [-0.25, -0.2) is 12.7 Å². The maximum Gasteiger partial charge on any atom is 0.211 e. The third-order valence-electron chi connectivity index (χ3n) is 2.86. The minimum absolute atomic E-state index is 0. The Labute approximate surface area is 120 Å². The monoisotopic (exact) mass is 376 g/mol. The predicted octanol–water partition coefficient (Wildman–Crippen LogP) is -0.190. The highest BCUT2D eigenvalue weighted by atomic mass is 127. The second-order valence-electron chi connectivity index (χ2n) is 4.10. The summed E-state index contributed by atoms with van der Waals surface area (Å²) in [7, 11) is -1.39. The molecule has 0 atom stereocenters. The normalized spacial score (nSPS) is 19.8. The third kappa shape index (κ3) is 5.87. The number of nitrogens with two attached hydrogens (primary N) is 1. The zero-order valence-corrected chi connectivity index (χ0v) is 13.4. The van der Waals surface area contributed by atoms with E-state index in [1.807, 2.05) is 0 Å². The minimum Gasteiger partial charge on any atom is -0.370 e. The number of halogens is 1. The molecule has 0 aromatic rings. The van der Waals surface area contributed by atoms with Gasteiger partial charge in [-0.1, -0.05) is 0 Å².